The van der Waals surface area contributed by atoms with E-state index in [-0.39, 0.29) is 0 Å². The third-order valence-corrected chi connectivity index (χ3v) is 1.37. The molecule has 5 nitrogen and oxygen atoms in total. The van der Waals surface area contributed by atoms with Gasteiger partial charge in [-0.1, -0.05) is 0 Å². The predicted octanol–water partition coefficient (Wildman–Crippen LogP) is -0.637. The summed E-state index contributed by atoms with van der Waals surface area (Å²) in [5, 5.41) is 12.8. The normalized spacial score (nSPS) is 12.8. The minimum absolute atomic E-state index is 0.357. The number of hydrogen-bond donors (Lipinski definition) is 2. The number of aromatic nitrogens is 2. The number of carbonyl (C=O) groups is 1. The average molecular weight is 169 g/mol. The van der Waals surface area contributed by atoms with Gasteiger partial charge in [-0.05, 0) is 6.92 Å². The van der Waals surface area contributed by atoms with Gasteiger partial charge in [0.15, 0.2) is 0 Å². The maximum atomic E-state index is 10.6. The lowest BCUT2D eigenvalue weighted by molar-refractivity contribution is 0.1000. The Hall–Kier alpha value is -1.36. The van der Waals surface area contributed by atoms with Crippen LogP contribution in [0.1, 0.15) is 17.3 Å². The molecule has 1 heterocycles. The van der Waals surface area contributed by atoms with Crippen molar-refractivity contribution in [2.75, 3.05) is 0 Å². The number of primary amides is 1. The molecule has 1 aromatic rings. The molecule has 0 aliphatic carbocycles. The summed E-state index contributed by atoms with van der Waals surface area (Å²) >= 11 is 0. The van der Waals surface area contributed by atoms with Crippen LogP contribution in [0.3, 0.4) is 0 Å². The molecule has 1 rings (SSSR count). The second-order valence-electron chi connectivity index (χ2n) is 2.66. The van der Waals surface area contributed by atoms with Gasteiger partial charge in [0.1, 0.15) is 0 Å². The van der Waals surface area contributed by atoms with Crippen molar-refractivity contribution in [2.45, 2.75) is 19.6 Å². The van der Waals surface area contributed by atoms with Gasteiger partial charge < -0.3 is 10.8 Å². The first-order valence-corrected chi connectivity index (χ1v) is 3.60. The summed E-state index contributed by atoms with van der Waals surface area (Å²) in [6.07, 6.45) is 2.41. The molecule has 0 saturated carbocycles. The van der Waals surface area contributed by atoms with E-state index in [1.165, 1.54) is 17.1 Å². The molecule has 0 fully saturated rings. The Morgan fingerprint density at radius 3 is 3.00 bits per heavy atom. The number of nitrogens with two attached hydrogens (primary N) is 1. The minimum atomic E-state index is -0.508. The highest BCUT2D eigenvalue weighted by Crippen LogP contribution is 1.97. The van der Waals surface area contributed by atoms with Crippen molar-refractivity contribution in [1.29, 1.82) is 0 Å². The molecule has 12 heavy (non-hydrogen) atoms. The minimum Gasteiger partial charge on any atom is -0.391 e. The van der Waals surface area contributed by atoms with Gasteiger partial charge in [-0.2, -0.15) is 5.10 Å². The lowest BCUT2D eigenvalue weighted by Crippen LogP contribution is -2.13. The molecule has 1 amide bonds. The Labute approximate surface area is 69.8 Å². The van der Waals surface area contributed by atoms with Gasteiger partial charge in [0.05, 0.1) is 24.4 Å². The molecule has 0 radical (unpaired) electrons. The first-order chi connectivity index (χ1) is 5.59. The number of nitrogens with zero attached hydrogens (tertiary/aromatic N) is 2. The zero-order chi connectivity index (χ0) is 9.14. The maximum Gasteiger partial charge on any atom is 0.251 e. The molecule has 66 valence electrons. The molecule has 1 aromatic heterocycles. The molecule has 1 atom stereocenters. The largest absolute Gasteiger partial charge is 0.391 e. The second-order valence-corrected chi connectivity index (χ2v) is 2.66. The van der Waals surface area contributed by atoms with Gasteiger partial charge >= 0.3 is 0 Å². The topological polar surface area (TPSA) is 81.1 Å². The Morgan fingerprint density at radius 2 is 2.58 bits per heavy atom. The van der Waals surface area contributed by atoms with E-state index in [4.69, 9.17) is 10.8 Å². The molecule has 0 bridgehead atoms. The van der Waals surface area contributed by atoms with Crippen LogP contribution in [-0.4, -0.2) is 26.9 Å². The summed E-state index contributed by atoms with van der Waals surface area (Å²) < 4.78 is 1.48. The van der Waals surface area contributed by atoms with Crippen molar-refractivity contribution in [1.82, 2.24) is 9.78 Å². The Balaban J connectivity index is 2.71. The number of aliphatic hydroxyl groups is 1. The van der Waals surface area contributed by atoms with E-state index in [2.05, 4.69) is 5.10 Å². The number of carbonyl (C=O) groups excluding carboxylic acids is 1. The van der Waals surface area contributed by atoms with E-state index >= 15 is 0 Å². The summed E-state index contributed by atoms with van der Waals surface area (Å²) in [7, 11) is 0. The molecular weight excluding hydrogens is 158 g/mol. The van der Waals surface area contributed by atoms with Crippen molar-refractivity contribution in [3.05, 3.63) is 18.0 Å². The monoisotopic (exact) mass is 169 g/mol. The molecule has 3 N–H and O–H groups in total. The van der Waals surface area contributed by atoms with E-state index in [0.717, 1.165) is 0 Å². The van der Waals surface area contributed by atoms with Crippen LogP contribution in [0.2, 0.25) is 0 Å². The highest BCUT2D eigenvalue weighted by atomic mass is 16.3. The van der Waals surface area contributed by atoms with Crippen molar-refractivity contribution >= 4 is 5.91 Å². The quantitative estimate of drug-likeness (QED) is 0.631. The highest BCUT2D eigenvalue weighted by Gasteiger charge is 2.04. The molecular formula is C7H11N3O2. The van der Waals surface area contributed by atoms with Gasteiger partial charge in [-0.3, -0.25) is 9.48 Å². The molecule has 0 saturated heterocycles. The van der Waals surface area contributed by atoms with E-state index in [1.54, 1.807) is 6.92 Å². The van der Waals surface area contributed by atoms with E-state index in [0.29, 0.717) is 12.1 Å². The lowest BCUT2D eigenvalue weighted by Gasteiger charge is -2.02. The summed E-state index contributed by atoms with van der Waals surface area (Å²) in [5.41, 5.74) is 5.36. The molecule has 0 spiro atoms. The second kappa shape index (κ2) is 3.36. The fraction of sp³-hybridized carbons (Fsp3) is 0.429. The van der Waals surface area contributed by atoms with Gasteiger partial charge in [-0.25, -0.2) is 0 Å². The van der Waals surface area contributed by atoms with Crippen molar-refractivity contribution in [3.8, 4) is 0 Å². The van der Waals surface area contributed by atoms with Gasteiger partial charge in [-0.15, -0.1) is 0 Å². The lowest BCUT2D eigenvalue weighted by atomic mass is 10.3. The molecule has 0 aromatic carbocycles. The standard InChI is InChI=1S/C7H11N3O2/c1-5(11)3-10-4-6(2-9-10)7(8)12/h2,4-5,11H,3H2,1H3,(H2,8,12)/t5-/m1/s1. The van der Waals surface area contributed by atoms with Gasteiger partial charge in [0.25, 0.3) is 5.91 Å². The van der Waals surface area contributed by atoms with Crippen LogP contribution >= 0.6 is 0 Å². The number of rotatable bonds is 3. The van der Waals surface area contributed by atoms with Crippen LogP contribution < -0.4 is 5.73 Å². The highest BCUT2D eigenvalue weighted by molar-refractivity contribution is 5.92. The van der Waals surface area contributed by atoms with Crippen molar-refractivity contribution < 1.29 is 9.90 Å². The summed E-state index contributed by atoms with van der Waals surface area (Å²) in [5.74, 6) is -0.508. The maximum absolute atomic E-state index is 10.6. The number of hydrogen-bond acceptors (Lipinski definition) is 3. The Kier molecular flexibility index (Phi) is 2.44. The van der Waals surface area contributed by atoms with E-state index in [1.807, 2.05) is 0 Å². The zero-order valence-electron chi connectivity index (χ0n) is 6.77. The van der Waals surface area contributed by atoms with Crippen LogP contribution in [0.25, 0.3) is 0 Å². The van der Waals surface area contributed by atoms with E-state index in [9.17, 15) is 4.79 Å². The summed E-state index contributed by atoms with van der Waals surface area (Å²) in [6, 6.07) is 0. The van der Waals surface area contributed by atoms with Crippen LogP contribution in [0.5, 0.6) is 0 Å². The first kappa shape index (κ1) is 8.73. The smallest absolute Gasteiger partial charge is 0.251 e. The van der Waals surface area contributed by atoms with Crippen LogP contribution in [-0.2, 0) is 6.54 Å². The van der Waals surface area contributed by atoms with Crippen molar-refractivity contribution in [2.24, 2.45) is 5.73 Å². The van der Waals surface area contributed by atoms with Crippen LogP contribution in [0.15, 0.2) is 12.4 Å². The average Bonchev–Trinajstić information content (AvgIpc) is 2.34. The molecule has 0 aliphatic heterocycles. The SMILES string of the molecule is C[C@@H](O)Cn1cc(C(N)=O)cn1. The Morgan fingerprint density at radius 1 is 1.92 bits per heavy atom. The summed E-state index contributed by atoms with van der Waals surface area (Å²) in [4.78, 5) is 10.6. The van der Waals surface area contributed by atoms with E-state index < -0.39 is 12.0 Å². The van der Waals surface area contributed by atoms with Crippen LogP contribution in [0.4, 0.5) is 0 Å². The van der Waals surface area contributed by atoms with Gasteiger partial charge in [0, 0.05) is 6.20 Å². The fourth-order valence-corrected chi connectivity index (χ4v) is 0.861. The third-order valence-electron chi connectivity index (χ3n) is 1.37. The Bertz CT molecular complexity index is 280. The van der Waals surface area contributed by atoms with Gasteiger partial charge in [0.2, 0.25) is 0 Å². The molecule has 0 aliphatic rings. The molecule has 0 unspecified atom stereocenters. The zero-order valence-corrected chi connectivity index (χ0v) is 6.77. The van der Waals surface area contributed by atoms with Crippen molar-refractivity contribution in [3.63, 3.8) is 0 Å². The fourth-order valence-electron chi connectivity index (χ4n) is 0.861. The molecule has 5 heteroatoms. The van der Waals surface area contributed by atoms with Crippen LogP contribution in [0, 0.1) is 0 Å². The summed E-state index contributed by atoms with van der Waals surface area (Å²) in [6.45, 7) is 2.01. The first-order valence-electron chi connectivity index (χ1n) is 3.60. The predicted molar refractivity (Wildman–Crippen MR) is 42.4 cm³/mol. The third kappa shape index (κ3) is 2.06. The number of amides is 1. The number of aliphatic hydroxyl groups excluding tert-OH is 1.